The van der Waals surface area contributed by atoms with Crippen LogP contribution in [0.25, 0.3) is 6.08 Å². The van der Waals surface area contributed by atoms with E-state index in [2.05, 4.69) is 23.5 Å². The quantitative estimate of drug-likeness (QED) is 0.269. The van der Waals surface area contributed by atoms with Crippen molar-refractivity contribution in [3.8, 4) is 0 Å². The summed E-state index contributed by atoms with van der Waals surface area (Å²) in [6.45, 7) is 6.00. The summed E-state index contributed by atoms with van der Waals surface area (Å²) in [6.07, 6.45) is 2.04. The molecule has 3 aromatic carbocycles. The number of anilines is 1. The van der Waals surface area contributed by atoms with Crippen molar-refractivity contribution in [2.24, 2.45) is 0 Å². The number of amides is 4. The van der Waals surface area contributed by atoms with E-state index >= 15 is 0 Å². The van der Waals surface area contributed by atoms with E-state index in [-0.39, 0.29) is 23.4 Å². The number of hydrogen-bond acceptors (Lipinski definition) is 5. The molecule has 1 aliphatic heterocycles. The highest BCUT2D eigenvalue weighted by Crippen LogP contribution is 2.26. The number of rotatable bonds is 6. The minimum Gasteiger partial charge on any atom is -0.462 e. The molecule has 1 fully saturated rings. The first-order valence-electron chi connectivity index (χ1n) is 11.7. The van der Waals surface area contributed by atoms with Crippen LogP contribution in [0.2, 0.25) is 5.02 Å². The summed E-state index contributed by atoms with van der Waals surface area (Å²) < 4.78 is 4.95. The number of barbiturate groups is 1. The zero-order chi connectivity index (χ0) is 26.7. The first-order chi connectivity index (χ1) is 17.7. The number of hydrogen-bond donors (Lipinski definition) is 1. The van der Waals surface area contributed by atoms with Gasteiger partial charge >= 0.3 is 12.0 Å². The van der Waals surface area contributed by atoms with Gasteiger partial charge in [-0.1, -0.05) is 53.1 Å². The second kappa shape index (κ2) is 10.8. The van der Waals surface area contributed by atoms with E-state index in [4.69, 9.17) is 16.3 Å². The van der Waals surface area contributed by atoms with Gasteiger partial charge < -0.3 is 4.74 Å². The number of ether oxygens (including phenoxy) is 1. The zero-order valence-electron chi connectivity index (χ0n) is 20.6. The lowest BCUT2D eigenvalue weighted by Crippen LogP contribution is -2.54. The number of imide groups is 2. The number of carbonyl (C=O) groups is 4. The fraction of sp³-hybridized carbons (Fsp3) is 0.172. The molecule has 0 unspecified atom stereocenters. The Morgan fingerprint density at radius 3 is 2.27 bits per heavy atom. The maximum absolute atomic E-state index is 13.2. The van der Waals surface area contributed by atoms with Gasteiger partial charge in [0, 0.05) is 5.02 Å². The van der Waals surface area contributed by atoms with Crippen molar-refractivity contribution in [2.45, 2.75) is 27.2 Å². The Balaban J connectivity index is 1.59. The van der Waals surface area contributed by atoms with Crippen molar-refractivity contribution in [2.75, 3.05) is 11.5 Å². The highest BCUT2D eigenvalue weighted by Gasteiger charge is 2.36. The van der Waals surface area contributed by atoms with Crippen LogP contribution in [-0.4, -0.2) is 30.4 Å². The lowest BCUT2D eigenvalue weighted by Gasteiger charge is -2.26. The molecule has 0 bridgehead atoms. The highest BCUT2D eigenvalue weighted by molar-refractivity contribution is 6.39. The minimum absolute atomic E-state index is 0.204. The molecule has 0 aromatic heterocycles. The molecule has 0 saturated carbocycles. The predicted molar refractivity (Wildman–Crippen MR) is 142 cm³/mol. The van der Waals surface area contributed by atoms with Crippen molar-refractivity contribution in [1.82, 2.24) is 5.32 Å². The minimum atomic E-state index is -0.877. The molecule has 0 aliphatic carbocycles. The molecule has 3 aromatic rings. The van der Waals surface area contributed by atoms with E-state index in [0.717, 1.165) is 16.0 Å². The fourth-order valence-electron chi connectivity index (χ4n) is 4.21. The Morgan fingerprint density at radius 1 is 0.973 bits per heavy atom. The molecular formula is C29H25ClN2O5. The maximum Gasteiger partial charge on any atom is 0.338 e. The van der Waals surface area contributed by atoms with Crippen LogP contribution < -0.4 is 10.2 Å². The SMILES string of the molecule is CCOC(=O)c1ccc(N2C(=O)NC(=O)/C(=C\c3ccc(Cc4cc(C)cc(C)c4)c(Cl)c3)C2=O)cc1. The Labute approximate surface area is 219 Å². The van der Waals surface area contributed by atoms with E-state index in [1.807, 2.05) is 19.9 Å². The molecule has 37 heavy (non-hydrogen) atoms. The van der Waals surface area contributed by atoms with Gasteiger partial charge in [0.25, 0.3) is 11.8 Å². The molecule has 4 amide bonds. The van der Waals surface area contributed by atoms with Crippen LogP contribution in [0.5, 0.6) is 0 Å². The van der Waals surface area contributed by atoms with E-state index in [9.17, 15) is 19.2 Å². The second-order valence-electron chi connectivity index (χ2n) is 8.75. The Kier molecular flexibility index (Phi) is 7.55. The van der Waals surface area contributed by atoms with E-state index in [1.165, 1.54) is 41.5 Å². The molecule has 0 radical (unpaired) electrons. The summed E-state index contributed by atoms with van der Waals surface area (Å²) in [5, 5.41) is 2.69. The number of nitrogens with one attached hydrogen (secondary N) is 1. The number of esters is 1. The number of urea groups is 1. The molecule has 188 valence electrons. The number of aryl methyl sites for hydroxylation is 2. The van der Waals surface area contributed by atoms with Gasteiger partial charge in [-0.25, -0.2) is 14.5 Å². The van der Waals surface area contributed by atoms with Crippen molar-refractivity contribution in [3.63, 3.8) is 0 Å². The average molecular weight is 517 g/mol. The maximum atomic E-state index is 13.2. The average Bonchev–Trinajstić information content (AvgIpc) is 2.83. The van der Waals surface area contributed by atoms with E-state index in [0.29, 0.717) is 17.0 Å². The summed E-state index contributed by atoms with van der Waals surface area (Å²) in [5.74, 6) is -2.10. The van der Waals surface area contributed by atoms with Crippen LogP contribution in [0.1, 0.15) is 45.1 Å². The van der Waals surface area contributed by atoms with Crippen molar-refractivity contribution in [1.29, 1.82) is 0 Å². The third-order valence-electron chi connectivity index (χ3n) is 5.80. The third kappa shape index (κ3) is 5.78. The van der Waals surface area contributed by atoms with Crippen LogP contribution >= 0.6 is 11.6 Å². The molecule has 1 saturated heterocycles. The monoisotopic (exact) mass is 516 g/mol. The first-order valence-corrected chi connectivity index (χ1v) is 12.1. The van der Waals surface area contributed by atoms with Crippen LogP contribution in [0, 0.1) is 13.8 Å². The molecule has 1 N–H and O–H groups in total. The first kappa shape index (κ1) is 25.9. The van der Waals surface area contributed by atoms with Crippen molar-refractivity contribution < 1.29 is 23.9 Å². The molecule has 7 nitrogen and oxygen atoms in total. The van der Waals surface area contributed by atoms with Gasteiger partial charge in [0.1, 0.15) is 5.57 Å². The Bertz CT molecular complexity index is 1420. The predicted octanol–water partition coefficient (Wildman–Crippen LogP) is 5.39. The fourth-order valence-corrected chi connectivity index (χ4v) is 4.46. The van der Waals surface area contributed by atoms with Crippen LogP contribution in [0.3, 0.4) is 0 Å². The van der Waals surface area contributed by atoms with Crippen LogP contribution in [-0.2, 0) is 20.7 Å². The number of benzene rings is 3. The lowest BCUT2D eigenvalue weighted by molar-refractivity contribution is -0.122. The van der Waals surface area contributed by atoms with Crippen LogP contribution in [0.4, 0.5) is 10.5 Å². The largest absolute Gasteiger partial charge is 0.462 e. The summed E-state index contributed by atoms with van der Waals surface area (Å²) in [5.41, 5.74) is 5.19. The van der Waals surface area contributed by atoms with Gasteiger partial charge in [-0.05, 0) is 80.3 Å². The van der Waals surface area contributed by atoms with Gasteiger partial charge in [0.15, 0.2) is 0 Å². The summed E-state index contributed by atoms with van der Waals surface area (Å²) in [6, 6.07) is 16.5. The van der Waals surface area contributed by atoms with Gasteiger partial charge in [-0.2, -0.15) is 0 Å². The number of nitrogens with zero attached hydrogens (tertiary/aromatic N) is 1. The Hall–Kier alpha value is -4.23. The van der Waals surface area contributed by atoms with Crippen molar-refractivity contribution >= 4 is 47.2 Å². The molecule has 0 spiro atoms. The smallest absolute Gasteiger partial charge is 0.338 e. The molecule has 1 heterocycles. The molecule has 8 heteroatoms. The van der Waals surface area contributed by atoms with Gasteiger partial charge in [-0.3, -0.25) is 14.9 Å². The van der Waals surface area contributed by atoms with E-state index in [1.54, 1.807) is 19.1 Å². The summed E-state index contributed by atoms with van der Waals surface area (Å²) in [4.78, 5) is 50.9. The van der Waals surface area contributed by atoms with Crippen LogP contribution in [0.15, 0.2) is 66.2 Å². The highest BCUT2D eigenvalue weighted by atomic mass is 35.5. The summed E-state index contributed by atoms with van der Waals surface area (Å²) in [7, 11) is 0. The summed E-state index contributed by atoms with van der Waals surface area (Å²) >= 11 is 6.54. The molecular weight excluding hydrogens is 492 g/mol. The van der Waals surface area contributed by atoms with Crippen molar-refractivity contribution in [3.05, 3.63) is 105 Å². The lowest BCUT2D eigenvalue weighted by atomic mass is 9.99. The van der Waals surface area contributed by atoms with Gasteiger partial charge in [-0.15, -0.1) is 0 Å². The number of carbonyl (C=O) groups excluding carboxylic acids is 4. The molecule has 1 aliphatic rings. The zero-order valence-corrected chi connectivity index (χ0v) is 21.4. The van der Waals surface area contributed by atoms with Gasteiger partial charge in [0.2, 0.25) is 0 Å². The topological polar surface area (TPSA) is 92.8 Å². The third-order valence-corrected chi connectivity index (χ3v) is 6.15. The molecule has 0 atom stereocenters. The second-order valence-corrected chi connectivity index (χ2v) is 9.16. The normalized spacial score (nSPS) is 14.6. The standard InChI is InChI=1S/C29H25ClN2O5/c1-4-37-28(35)21-7-9-23(10-8-21)32-27(34)24(26(33)31-29(32)36)15-19-5-6-22(25(30)16-19)14-20-12-17(2)11-18(3)13-20/h5-13,15-16H,4,14H2,1-3H3,(H,31,33,36)/b24-15+. The molecule has 4 rings (SSSR count). The Morgan fingerprint density at radius 2 is 1.65 bits per heavy atom. The number of halogens is 1. The van der Waals surface area contributed by atoms with Gasteiger partial charge in [0.05, 0.1) is 17.9 Å². The van der Waals surface area contributed by atoms with E-state index < -0.39 is 23.8 Å².